The molecular formula is C21H25N3OS. The molecule has 1 heterocycles. The van der Waals surface area contributed by atoms with Crippen LogP contribution >= 0.6 is 11.3 Å². The highest BCUT2D eigenvalue weighted by Crippen LogP contribution is 2.24. The summed E-state index contributed by atoms with van der Waals surface area (Å²) in [5.41, 5.74) is 5.43. The second kappa shape index (κ2) is 9.48. The zero-order valence-corrected chi connectivity index (χ0v) is 16.1. The number of nitrogens with zero attached hydrogens (tertiary/aromatic N) is 2. The molecule has 0 bridgehead atoms. The third-order valence-corrected chi connectivity index (χ3v) is 5.04. The highest BCUT2D eigenvalue weighted by Gasteiger charge is 2.07. The number of rotatable bonds is 9. The van der Waals surface area contributed by atoms with Crippen molar-refractivity contribution in [1.82, 2.24) is 15.2 Å². The van der Waals surface area contributed by atoms with Crippen LogP contribution in [-0.2, 0) is 13.2 Å². The van der Waals surface area contributed by atoms with Crippen molar-refractivity contribution in [2.24, 2.45) is 0 Å². The van der Waals surface area contributed by atoms with Gasteiger partial charge in [0.1, 0.15) is 12.4 Å². The van der Waals surface area contributed by atoms with Crippen LogP contribution in [0.3, 0.4) is 0 Å². The summed E-state index contributed by atoms with van der Waals surface area (Å²) in [6, 6.07) is 16.8. The first kappa shape index (κ1) is 18.6. The number of ether oxygens (including phenoxy) is 1. The summed E-state index contributed by atoms with van der Waals surface area (Å²) in [7, 11) is 4.11. The topological polar surface area (TPSA) is 37.4 Å². The SMILES string of the molecule is CNCCN(C)Cc1ccccc1OCc1ccc(-c2cncs2)cc1. The fourth-order valence-corrected chi connectivity index (χ4v) is 3.36. The van der Waals surface area contributed by atoms with Crippen molar-refractivity contribution in [1.29, 1.82) is 0 Å². The molecule has 0 aliphatic rings. The molecular weight excluding hydrogens is 342 g/mol. The van der Waals surface area contributed by atoms with Gasteiger partial charge >= 0.3 is 0 Å². The van der Waals surface area contributed by atoms with Gasteiger partial charge in [0.2, 0.25) is 0 Å². The van der Waals surface area contributed by atoms with Crippen molar-refractivity contribution >= 4 is 11.3 Å². The van der Waals surface area contributed by atoms with E-state index in [1.807, 2.05) is 30.9 Å². The van der Waals surface area contributed by atoms with Gasteiger partial charge in [-0.05, 0) is 31.3 Å². The Bertz CT molecular complexity index is 787. The lowest BCUT2D eigenvalue weighted by Crippen LogP contribution is -2.27. The third kappa shape index (κ3) is 5.14. The van der Waals surface area contributed by atoms with Gasteiger partial charge in [0.15, 0.2) is 0 Å². The van der Waals surface area contributed by atoms with Crippen LogP contribution in [-0.4, -0.2) is 37.1 Å². The standard InChI is InChI=1S/C21H25N3OS/c1-22-11-12-24(2)14-19-5-3-4-6-20(19)25-15-17-7-9-18(10-8-17)21-13-23-16-26-21/h3-10,13,16,22H,11-12,14-15H2,1-2H3. The molecule has 0 amide bonds. The highest BCUT2D eigenvalue weighted by molar-refractivity contribution is 7.13. The van der Waals surface area contributed by atoms with Crippen LogP contribution in [0.4, 0.5) is 0 Å². The first-order valence-corrected chi connectivity index (χ1v) is 9.66. The first-order chi connectivity index (χ1) is 12.8. The average Bonchev–Trinajstić information content (AvgIpc) is 3.21. The normalized spacial score (nSPS) is 11.0. The molecule has 2 aromatic carbocycles. The Morgan fingerprint density at radius 3 is 2.65 bits per heavy atom. The smallest absolute Gasteiger partial charge is 0.124 e. The van der Waals surface area contributed by atoms with Crippen LogP contribution in [0.25, 0.3) is 10.4 Å². The molecule has 136 valence electrons. The minimum atomic E-state index is 0.570. The molecule has 0 radical (unpaired) electrons. The maximum absolute atomic E-state index is 6.11. The van der Waals surface area contributed by atoms with Crippen LogP contribution in [0.5, 0.6) is 5.75 Å². The summed E-state index contributed by atoms with van der Waals surface area (Å²) < 4.78 is 6.11. The summed E-state index contributed by atoms with van der Waals surface area (Å²) in [5.74, 6) is 0.954. The lowest BCUT2D eigenvalue weighted by Gasteiger charge is -2.19. The Balaban J connectivity index is 1.61. The Labute approximate surface area is 159 Å². The molecule has 0 unspecified atom stereocenters. The summed E-state index contributed by atoms with van der Waals surface area (Å²) in [4.78, 5) is 7.62. The van der Waals surface area contributed by atoms with Crippen molar-refractivity contribution in [3.05, 3.63) is 71.4 Å². The fourth-order valence-electron chi connectivity index (χ4n) is 2.73. The highest BCUT2D eigenvalue weighted by atomic mass is 32.1. The fraction of sp³-hybridized carbons (Fsp3) is 0.286. The van der Waals surface area contributed by atoms with E-state index in [9.17, 15) is 0 Å². The van der Waals surface area contributed by atoms with Gasteiger partial charge in [0, 0.05) is 31.4 Å². The van der Waals surface area contributed by atoms with Gasteiger partial charge in [-0.25, -0.2) is 0 Å². The van der Waals surface area contributed by atoms with Crippen LogP contribution < -0.4 is 10.1 Å². The summed E-state index contributed by atoms with van der Waals surface area (Å²) >= 11 is 1.65. The molecule has 0 spiro atoms. The zero-order chi connectivity index (χ0) is 18.2. The van der Waals surface area contributed by atoms with Gasteiger partial charge in [-0.15, -0.1) is 11.3 Å². The molecule has 1 N–H and O–H groups in total. The number of benzene rings is 2. The number of para-hydroxylation sites is 1. The third-order valence-electron chi connectivity index (χ3n) is 4.22. The maximum Gasteiger partial charge on any atom is 0.124 e. The van der Waals surface area contributed by atoms with Crippen molar-refractivity contribution in [3.8, 4) is 16.2 Å². The van der Waals surface area contributed by atoms with Crippen molar-refractivity contribution in [2.75, 3.05) is 27.2 Å². The van der Waals surface area contributed by atoms with Gasteiger partial charge in [-0.2, -0.15) is 0 Å². The van der Waals surface area contributed by atoms with E-state index in [-0.39, 0.29) is 0 Å². The molecule has 3 rings (SSSR count). The number of aromatic nitrogens is 1. The Morgan fingerprint density at radius 2 is 1.92 bits per heavy atom. The second-order valence-corrected chi connectivity index (χ2v) is 7.19. The Hall–Kier alpha value is -2.21. The molecule has 1 aromatic heterocycles. The van der Waals surface area contributed by atoms with E-state index in [0.717, 1.165) is 30.9 Å². The van der Waals surface area contributed by atoms with Gasteiger partial charge in [0.25, 0.3) is 0 Å². The minimum absolute atomic E-state index is 0.570. The van der Waals surface area contributed by atoms with E-state index in [4.69, 9.17) is 4.74 Å². The molecule has 26 heavy (non-hydrogen) atoms. The number of nitrogens with one attached hydrogen (secondary N) is 1. The van der Waals surface area contributed by atoms with Crippen molar-refractivity contribution < 1.29 is 4.74 Å². The number of thiazole rings is 1. The average molecular weight is 368 g/mol. The molecule has 0 fully saturated rings. The van der Waals surface area contributed by atoms with Gasteiger partial charge in [0.05, 0.1) is 10.4 Å². The first-order valence-electron chi connectivity index (χ1n) is 8.78. The predicted molar refractivity (Wildman–Crippen MR) is 109 cm³/mol. The molecule has 0 saturated carbocycles. The zero-order valence-electron chi connectivity index (χ0n) is 15.3. The van der Waals surface area contributed by atoms with Crippen LogP contribution in [0.15, 0.2) is 60.2 Å². The molecule has 0 aliphatic heterocycles. The molecule has 4 nitrogen and oxygen atoms in total. The quantitative estimate of drug-likeness (QED) is 0.619. The van der Waals surface area contributed by atoms with Crippen LogP contribution in [0, 0.1) is 0 Å². The number of hydrogen-bond acceptors (Lipinski definition) is 5. The van der Waals surface area contributed by atoms with Crippen LogP contribution in [0.1, 0.15) is 11.1 Å². The number of likely N-dealkylation sites (N-methyl/N-ethyl adjacent to an activating group) is 2. The van der Waals surface area contributed by atoms with E-state index in [0.29, 0.717) is 6.61 Å². The Kier molecular flexibility index (Phi) is 6.77. The van der Waals surface area contributed by atoms with E-state index >= 15 is 0 Å². The monoisotopic (exact) mass is 367 g/mol. The maximum atomic E-state index is 6.11. The molecule has 0 aliphatic carbocycles. The van der Waals surface area contributed by atoms with E-state index in [1.54, 1.807) is 11.3 Å². The molecule has 3 aromatic rings. The van der Waals surface area contributed by atoms with Crippen molar-refractivity contribution in [2.45, 2.75) is 13.2 Å². The second-order valence-electron chi connectivity index (χ2n) is 6.30. The lowest BCUT2D eigenvalue weighted by molar-refractivity contribution is 0.285. The lowest BCUT2D eigenvalue weighted by atomic mass is 10.1. The van der Waals surface area contributed by atoms with Gasteiger partial charge in [-0.3, -0.25) is 4.98 Å². The van der Waals surface area contributed by atoms with Gasteiger partial charge < -0.3 is 15.0 Å². The molecule has 0 atom stereocenters. The van der Waals surface area contributed by atoms with Crippen LogP contribution in [0.2, 0.25) is 0 Å². The van der Waals surface area contributed by atoms with E-state index < -0.39 is 0 Å². The van der Waals surface area contributed by atoms with E-state index in [1.165, 1.54) is 16.0 Å². The Morgan fingerprint density at radius 1 is 1.12 bits per heavy atom. The molecule has 5 heteroatoms. The molecule has 0 saturated heterocycles. The summed E-state index contributed by atoms with van der Waals surface area (Å²) in [5, 5.41) is 3.18. The predicted octanol–water partition coefficient (Wildman–Crippen LogP) is 4.04. The largest absolute Gasteiger partial charge is 0.489 e. The van der Waals surface area contributed by atoms with E-state index in [2.05, 4.69) is 58.6 Å². The summed E-state index contributed by atoms with van der Waals surface area (Å²) in [6.45, 7) is 3.43. The van der Waals surface area contributed by atoms with Crippen molar-refractivity contribution in [3.63, 3.8) is 0 Å². The van der Waals surface area contributed by atoms with Gasteiger partial charge in [-0.1, -0.05) is 42.5 Å². The summed E-state index contributed by atoms with van der Waals surface area (Å²) in [6.07, 6.45) is 1.90. The number of hydrogen-bond donors (Lipinski definition) is 1. The minimum Gasteiger partial charge on any atom is -0.489 e.